The zero-order valence-electron chi connectivity index (χ0n) is 10.9. The van der Waals surface area contributed by atoms with Crippen LogP contribution >= 0.6 is 0 Å². The molecule has 2 atom stereocenters. The second-order valence-corrected chi connectivity index (χ2v) is 4.65. The van der Waals surface area contributed by atoms with E-state index in [1.54, 1.807) is 32.2 Å². The number of nitrogens with zero attached hydrogens (tertiary/aromatic N) is 2. The summed E-state index contributed by atoms with van der Waals surface area (Å²) in [6, 6.07) is 3.56. The number of hydrogen-bond donors (Lipinski definition) is 1. The molecule has 1 aromatic rings. The second kappa shape index (κ2) is 5.36. The average molecular weight is 264 g/mol. The van der Waals surface area contributed by atoms with Gasteiger partial charge in [-0.1, -0.05) is 6.07 Å². The van der Waals surface area contributed by atoms with Gasteiger partial charge in [0.25, 0.3) is 5.91 Å². The third-order valence-electron chi connectivity index (χ3n) is 3.03. The van der Waals surface area contributed by atoms with Crippen molar-refractivity contribution < 1.29 is 19.4 Å². The van der Waals surface area contributed by atoms with E-state index >= 15 is 0 Å². The molecule has 1 fully saturated rings. The molecule has 1 aliphatic heterocycles. The number of carbonyl (C=O) groups excluding carboxylic acids is 1. The van der Waals surface area contributed by atoms with Crippen molar-refractivity contribution in [1.82, 2.24) is 9.88 Å². The fraction of sp³-hybridized carbons (Fsp3) is 0.462. The van der Waals surface area contributed by atoms with Crippen LogP contribution in [-0.4, -0.2) is 52.2 Å². The number of carboxylic acids is 1. The third kappa shape index (κ3) is 2.90. The number of hydrogen-bond acceptors (Lipinski definition) is 4. The molecule has 1 unspecified atom stereocenters. The minimum Gasteiger partial charge on any atom is -0.479 e. The lowest BCUT2D eigenvalue weighted by Gasteiger charge is -2.34. The van der Waals surface area contributed by atoms with Gasteiger partial charge in [-0.15, -0.1) is 0 Å². The van der Waals surface area contributed by atoms with Crippen molar-refractivity contribution in [2.45, 2.75) is 26.1 Å². The molecule has 0 aromatic carbocycles. The molecular formula is C13H16N2O4. The first-order chi connectivity index (χ1) is 8.99. The quantitative estimate of drug-likeness (QED) is 0.850. The Kier molecular flexibility index (Phi) is 3.80. The van der Waals surface area contributed by atoms with Crippen LogP contribution in [0.5, 0.6) is 0 Å². The summed E-state index contributed by atoms with van der Waals surface area (Å²) < 4.78 is 5.28. The molecule has 1 aromatic heterocycles. The van der Waals surface area contributed by atoms with Crippen molar-refractivity contribution in [1.29, 1.82) is 0 Å². The highest BCUT2D eigenvalue weighted by atomic mass is 16.5. The van der Waals surface area contributed by atoms with Gasteiger partial charge in [0, 0.05) is 12.7 Å². The summed E-state index contributed by atoms with van der Waals surface area (Å²) in [5.74, 6) is -1.30. The van der Waals surface area contributed by atoms with Crippen LogP contribution in [0.4, 0.5) is 0 Å². The van der Waals surface area contributed by atoms with E-state index in [0.29, 0.717) is 12.2 Å². The molecule has 6 nitrogen and oxygen atoms in total. The van der Waals surface area contributed by atoms with Crippen molar-refractivity contribution in [3.8, 4) is 0 Å². The van der Waals surface area contributed by atoms with E-state index in [4.69, 9.17) is 9.84 Å². The fourth-order valence-corrected chi connectivity index (χ4v) is 2.11. The van der Waals surface area contributed by atoms with Gasteiger partial charge in [-0.05, 0) is 25.5 Å². The molecule has 2 heterocycles. The minimum absolute atomic E-state index is 0.0501. The van der Waals surface area contributed by atoms with Gasteiger partial charge < -0.3 is 14.7 Å². The van der Waals surface area contributed by atoms with Crippen LogP contribution < -0.4 is 0 Å². The van der Waals surface area contributed by atoms with E-state index < -0.39 is 12.1 Å². The van der Waals surface area contributed by atoms with Crippen LogP contribution in [0.3, 0.4) is 0 Å². The Morgan fingerprint density at radius 2 is 2.21 bits per heavy atom. The topological polar surface area (TPSA) is 79.7 Å². The van der Waals surface area contributed by atoms with Crippen molar-refractivity contribution in [3.63, 3.8) is 0 Å². The van der Waals surface area contributed by atoms with E-state index in [2.05, 4.69) is 4.98 Å². The number of rotatable bonds is 2. The average Bonchev–Trinajstić information content (AvgIpc) is 2.37. The zero-order valence-corrected chi connectivity index (χ0v) is 10.9. The van der Waals surface area contributed by atoms with Gasteiger partial charge in [-0.2, -0.15) is 0 Å². The van der Waals surface area contributed by atoms with E-state index in [-0.39, 0.29) is 18.6 Å². The number of ether oxygens (including phenoxy) is 1. The van der Waals surface area contributed by atoms with E-state index in [1.807, 2.05) is 0 Å². The Hall–Kier alpha value is -1.95. The number of carbonyl (C=O) groups is 2. The number of morpholine rings is 1. The van der Waals surface area contributed by atoms with Crippen LogP contribution in [0.2, 0.25) is 0 Å². The first-order valence-electron chi connectivity index (χ1n) is 6.08. The summed E-state index contributed by atoms with van der Waals surface area (Å²) in [7, 11) is 0. The maximum absolute atomic E-state index is 12.3. The van der Waals surface area contributed by atoms with Crippen LogP contribution in [0.1, 0.15) is 23.0 Å². The number of aryl methyl sites for hydroxylation is 1. The van der Waals surface area contributed by atoms with Crippen LogP contribution in [0, 0.1) is 6.92 Å². The first-order valence-corrected chi connectivity index (χ1v) is 6.08. The lowest BCUT2D eigenvalue weighted by molar-refractivity contribution is -0.160. The van der Waals surface area contributed by atoms with Gasteiger partial charge in [-0.3, -0.25) is 9.78 Å². The van der Waals surface area contributed by atoms with E-state index in [1.165, 1.54) is 4.90 Å². The SMILES string of the molecule is Cc1cccnc1C(=O)N1CC(C(=O)O)O[C@H](C)C1. The summed E-state index contributed by atoms with van der Waals surface area (Å²) in [5.41, 5.74) is 1.14. The van der Waals surface area contributed by atoms with Gasteiger partial charge in [-0.25, -0.2) is 4.79 Å². The molecular weight excluding hydrogens is 248 g/mol. The van der Waals surface area contributed by atoms with Gasteiger partial charge >= 0.3 is 5.97 Å². The highest BCUT2D eigenvalue weighted by Crippen LogP contribution is 2.15. The van der Waals surface area contributed by atoms with Gasteiger partial charge in [0.2, 0.25) is 0 Å². The van der Waals surface area contributed by atoms with Gasteiger partial charge in [0.05, 0.1) is 12.6 Å². The predicted octanol–water partition coefficient (Wildman–Crippen LogP) is 0.704. The maximum atomic E-state index is 12.3. The Balaban J connectivity index is 2.19. The maximum Gasteiger partial charge on any atom is 0.334 e. The van der Waals surface area contributed by atoms with E-state index in [9.17, 15) is 9.59 Å². The van der Waals surface area contributed by atoms with Crippen LogP contribution in [0.25, 0.3) is 0 Å². The molecule has 1 amide bonds. The molecule has 0 spiro atoms. The van der Waals surface area contributed by atoms with Crippen molar-refractivity contribution in [2.75, 3.05) is 13.1 Å². The predicted molar refractivity (Wildman–Crippen MR) is 66.8 cm³/mol. The standard InChI is InChI=1S/C13H16N2O4/c1-8-4-3-5-14-11(8)12(16)15-6-9(2)19-10(7-15)13(17)18/h3-5,9-10H,6-7H2,1-2H3,(H,17,18)/t9-,10?/m1/s1. The highest BCUT2D eigenvalue weighted by Gasteiger charge is 2.33. The number of amides is 1. The van der Waals surface area contributed by atoms with Crippen molar-refractivity contribution in [2.24, 2.45) is 0 Å². The first kappa shape index (κ1) is 13.5. The molecule has 2 rings (SSSR count). The normalized spacial score (nSPS) is 23.2. The molecule has 0 aliphatic carbocycles. The smallest absolute Gasteiger partial charge is 0.334 e. The largest absolute Gasteiger partial charge is 0.479 e. The molecule has 0 radical (unpaired) electrons. The Morgan fingerprint density at radius 3 is 2.84 bits per heavy atom. The van der Waals surface area contributed by atoms with Gasteiger partial charge in [0.15, 0.2) is 6.10 Å². The molecule has 1 N–H and O–H groups in total. The molecule has 1 aliphatic rings. The zero-order chi connectivity index (χ0) is 14.0. The number of carboxylic acid groups (broad SMARTS) is 1. The highest BCUT2D eigenvalue weighted by molar-refractivity contribution is 5.94. The lowest BCUT2D eigenvalue weighted by Crippen LogP contribution is -2.52. The summed E-state index contributed by atoms with van der Waals surface area (Å²) in [4.78, 5) is 28.9. The van der Waals surface area contributed by atoms with E-state index in [0.717, 1.165) is 5.56 Å². The number of aromatic nitrogens is 1. The van der Waals surface area contributed by atoms with Crippen molar-refractivity contribution in [3.05, 3.63) is 29.6 Å². The van der Waals surface area contributed by atoms with Crippen LogP contribution in [0.15, 0.2) is 18.3 Å². The van der Waals surface area contributed by atoms with Crippen LogP contribution in [-0.2, 0) is 9.53 Å². The Bertz CT molecular complexity index is 503. The number of aliphatic carboxylic acids is 1. The monoisotopic (exact) mass is 264 g/mol. The summed E-state index contributed by atoms with van der Waals surface area (Å²) in [6.07, 6.45) is 0.276. The summed E-state index contributed by atoms with van der Waals surface area (Å²) in [5, 5.41) is 9.00. The molecule has 1 saturated heterocycles. The molecule has 0 saturated carbocycles. The third-order valence-corrected chi connectivity index (χ3v) is 3.03. The summed E-state index contributed by atoms with van der Waals surface area (Å²) >= 11 is 0. The molecule has 102 valence electrons. The van der Waals surface area contributed by atoms with Gasteiger partial charge in [0.1, 0.15) is 5.69 Å². The second-order valence-electron chi connectivity index (χ2n) is 4.65. The Morgan fingerprint density at radius 1 is 1.47 bits per heavy atom. The fourth-order valence-electron chi connectivity index (χ4n) is 2.11. The number of pyridine rings is 1. The molecule has 0 bridgehead atoms. The minimum atomic E-state index is -1.05. The Labute approximate surface area is 111 Å². The molecule has 19 heavy (non-hydrogen) atoms. The summed E-state index contributed by atoms with van der Waals surface area (Å²) in [6.45, 7) is 3.98. The lowest BCUT2D eigenvalue weighted by atomic mass is 10.1. The molecule has 6 heteroatoms. The van der Waals surface area contributed by atoms with Crippen molar-refractivity contribution >= 4 is 11.9 Å².